The average Bonchev–Trinajstić information content (AvgIpc) is 4.14. The highest BCUT2D eigenvalue weighted by molar-refractivity contribution is 9.09. The summed E-state index contributed by atoms with van der Waals surface area (Å²) in [6.45, 7) is 23.0. The molecule has 0 bridgehead atoms. The molecule has 0 radical (unpaired) electrons. The van der Waals surface area contributed by atoms with Crippen LogP contribution in [0.25, 0.3) is 0 Å². The molecule has 3 aliphatic carbocycles. The lowest BCUT2D eigenvalue weighted by Crippen LogP contribution is -2.33. The number of benzene rings is 3. The van der Waals surface area contributed by atoms with E-state index in [-0.39, 0.29) is 61.0 Å². The van der Waals surface area contributed by atoms with Gasteiger partial charge >= 0.3 is 12.2 Å². The minimum Gasteiger partial charge on any atom is -0.508 e. The molecule has 6 rings (SSSR count). The summed E-state index contributed by atoms with van der Waals surface area (Å²) in [5.74, 6) is -4.43. The van der Waals surface area contributed by atoms with Crippen LogP contribution in [0.2, 0.25) is 0 Å². The van der Waals surface area contributed by atoms with Crippen molar-refractivity contribution >= 4 is 40.5 Å². The van der Waals surface area contributed by atoms with Crippen molar-refractivity contribution in [2.75, 3.05) is 38.2 Å². The maximum Gasteiger partial charge on any atom is 0.407 e. The summed E-state index contributed by atoms with van der Waals surface area (Å²) in [5.41, 5.74) is 6.14. The zero-order chi connectivity index (χ0) is 49.5. The Labute approximate surface area is 404 Å². The molecule has 5 N–H and O–H groups in total. The molecule has 3 saturated carbocycles. The van der Waals surface area contributed by atoms with Crippen LogP contribution in [0.15, 0.2) is 74.4 Å². The number of halogens is 8. The number of carbonyl (C=O) groups is 2. The van der Waals surface area contributed by atoms with Crippen molar-refractivity contribution in [1.29, 1.82) is 0 Å². The van der Waals surface area contributed by atoms with Gasteiger partial charge in [0.25, 0.3) is 0 Å². The molecule has 0 aromatic heterocycles. The monoisotopic (exact) mass is 1030 g/mol. The standard InChI is InChI=1S/C18H23F2NO3.C15H19F2NO3.C13H15F2NO.C3H5Br.ClH/c1-5-6-23-16-9-15(20)14(19)8-13(16)12-7-11(12)10-21-17(22)24-18(2,3)4;1-15(2,3)21-14(20)18-7-8-4-9(8)10-5-11(16)12(17)6-13(10)19;1-2-3-17-13-6-12(15)11(14)5-10(13)9-4-8(9)7-16;1-2-3-4;/h5,8-9,11-12H,1,6-7,10H2,2-4H3,(H,21,22);5-6,8-9,19H,4,7H2,1-3H3,(H,18,20);2,5-6,8-9H,1,3-4,7,16H2;2H,1,3H2;1H. The Morgan fingerprint density at radius 2 is 0.970 bits per heavy atom. The van der Waals surface area contributed by atoms with Gasteiger partial charge in [-0.05, 0) is 121 Å². The van der Waals surface area contributed by atoms with Crippen molar-refractivity contribution in [3.63, 3.8) is 0 Å². The Hall–Kier alpha value is -4.87. The van der Waals surface area contributed by atoms with Crippen LogP contribution in [0.3, 0.4) is 0 Å². The molecule has 3 aliphatic rings. The number of alkyl carbamates (subject to hydrolysis) is 2. The fraction of sp³-hybridized carbons (Fsp3) is 0.469. The lowest BCUT2D eigenvalue weighted by Gasteiger charge is -2.19. The zero-order valence-corrected chi connectivity index (χ0v) is 41.1. The van der Waals surface area contributed by atoms with E-state index in [1.807, 2.05) is 0 Å². The van der Waals surface area contributed by atoms with Gasteiger partial charge in [-0.15, -0.1) is 19.0 Å². The number of nitrogens with one attached hydrogen (secondary N) is 2. The van der Waals surface area contributed by atoms with Gasteiger partial charge in [0.15, 0.2) is 34.9 Å². The molecule has 0 aliphatic heterocycles. The molecule has 3 aromatic carbocycles. The zero-order valence-electron chi connectivity index (χ0n) is 38.7. The first-order chi connectivity index (χ1) is 31.0. The fourth-order valence-corrected chi connectivity index (χ4v) is 6.72. The Morgan fingerprint density at radius 1 is 0.642 bits per heavy atom. The van der Waals surface area contributed by atoms with Crippen molar-refractivity contribution in [3.05, 3.63) is 126 Å². The molecule has 0 spiro atoms. The summed E-state index contributed by atoms with van der Waals surface area (Å²) in [6, 6.07) is 6.34. The van der Waals surface area contributed by atoms with E-state index in [1.165, 1.54) is 12.1 Å². The van der Waals surface area contributed by atoms with Gasteiger partial charge in [0.2, 0.25) is 0 Å². The average molecular weight is 1040 g/mol. The molecular formula is C49H63BrClF6N3O7. The quantitative estimate of drug-likeness (QED) is 0.0670. The van der Waals surface area contributed by atoms with Gasteiger partial charge in [-0.2, -0.15) is 0 Å². The number of rotatable bonds is 15. The van der Waals surface area contributed by atoms with Gasteiger partial charge in [0, 0.05) is 53.3 Å². The highest BCUT2D eigenvalue weighted by Crippen LogP contribution is 2.52. The van der Waals surface area contributed by atoms with Gasteiger partial charge in [-0.25, -0.2) is 35.9 Å². The molecule has 3 aromatic rings. The summed E-state index contributed by atoms with van der Waals surface area (Å²) < 4.78 is 101. The van der Waals surface area contributed by atoms with Crippen LogP contribution in [-0.4, -0.2) is 66.7 Å². The van der Waals surface area contributed by atoms with Gasteiger partial charge in [-0.3, -0.25) is 0 Å². The van der Waals surface area contributed by atoms with E-state index in [2.05, 4.69) is 46.3 Å². The third-order valence-corrected chi connectivity index (χ3v) is 10.5. The number of aromatic hydroxyl groups is 1. The number of hydrogen-bond acceptors (Lipinski definition) is 8. The summed E-state index contributed by atoms with van der Waals surface area (Å²) in [6.07, 6.45) is 6.29. The van der Waals surface area contributed by atoms with Crippen LogP contribution in [0, 0.1) is 52.7 Å². The van der Waals surface area contributed by atoms with Crippen molar-refractivity contribution in [2.45, 2.75) is 89.8 Å². The van der Waals surface area contributed by atoms with E-state index in [9.17, 15) is 41.0 Å². The largest absolute Gasteiger partial charge is 0.508 e. The minimum atomic E-state index is -1.07. The molecule has 18 heteroatoms. The lowest BCUT2D eigenvalue weighted by molar-refractivity contribution is 0.0513. The number of carbonyl (C=O) groups excluding carboxylic acids is 2. The van der Waals surface area contributed by atoms with Crippen molar-refractivity contribution in [2.24, 2.45) is 23.5 Å². The molecule has 0 heterocycles. The SMILES string of the molecule is C=CCBr.C=CCOc1cc(F)c(F)cc1C1CC1CN.C=CCOc1cc(F)c(F)cc1C1CC1CNC(=O)OC(C)(C)C.CC(C)(C)OC(=O)NCC1CC1c1cc(F)c(F)cc1O.Cl. The van der Waals surface area contributed by atoms with E-state index in [1.54, 1.807) is 59.8 Å². The smallest absolute Gasteiger partial charge is 0.407 e. The molecule has 67 heavy (non-hydrogen) atoms. The van der Waals surface area contributed by atoms with Crippen LogP contribution >= 0.6 is 28.3 Å². The van der Waals surface area contributed by atoms with Crippen LogP contribution in [0.1, 0.15) is 95.2 Å². The van der Waals surface area contributed by atoms with Gasteiger partial charge in [0.1, 0.15) is 41.7 Å². The first-order valence-electron chi connectivity index (χ1n) is 21.4. The lowest BCUT2D eigenvalue weighted by atomic mass is 10.1. The highest BCUT2D eigenvalue weighted by atomic mass is 79.9. The second-order valence-corrected chi connectivity index (χ2v) is 18.5. The first-order valence-corrected chi connectivity index (χ1v) is 22.5. The predicted octanol–water partition coefficient (Wildman–Crippen LogP) is 12.0. The molecule has 2 amide bonds. The van der Waals surface area contributed by atoms with Crippen molar-refractivity contribution < 1.29 is 60.0 Å². The Morgan fingerprint density at radius 3 is 1.31 bits per heavy atom. The summed E-state index contributed by atoms with van der Waals surface area (Å²) in [4.78, 5) is 23.2. The first kappa shape index (κ1) is 58.3. The van der Waals surface area contributed by atoms with E-state index in [0.29, 0.717) is 60.2 Å². The van der Waals surface area contributed by atoms with Gasteiger partial charge < -0.3 is 40.4 Å². The summed E-state index contributed by atoms with van der Waals surface area (Å²) in [7, 11) is 0. The van der Waals surface area contributed by atoms with Crippen LogP contribution in [0.5, 0.6) is 17.2 Å². The fourth-order valence-electron chi connectivity index (χ4n) is 6.72. The van der Waals surface area contributed by atoms with Gasteiger partial charge in [-0.1, -0.05) is 47.3 Å². The van der Waals surface area contributed by atoms with Crippen molar-refractivity contribution in [1.82, 2.24) is 10.6 Å². The molecule has 0 saturated heterocycles. The number of allylic oxidation sites excluding steroid dienone is 1. The van der Waals surface area contributed by atoms with E-state index in [0.717, 1.165) is 42.4 Å². The molecule has 6 unspecified atom stereocenters. The highest BCUT2D eigenvalue weighted by Gasteiger charge is 2.42. The van der Waals surface area contributed by atoms with Crippen LogP contribution in [-0.2, 0) is 9.47 Å². The van der Waals surface area contributed by atoms with E-state index < -0.39 is 58.3 Å². The Balaban J connectivity index is 0.000000333. The Bertz CT molecular complexity index is 2160. The number of phenols is 1. The third-order valence-electron chi connectivity index (χ3n) is 10.1. The molecule has 10 nitrogen and oxygen atoms in total. The molecule has 6 atom stereocenters. The number of amides is 2. The third kappa shape index (κ3) is 19.7. The molecule has 3 fully saturated rings. The number of phenolic OH excluding ortho intramolecular Hbond substituents is 1. The van der Waals surface area contributed by atoms with Crippen molar-refractivity contribution in [3.8, 4) is 17.2 Å². The summed E-state index contributed by atoms with van der Waals surface area (Å²) >= 11 is 3.13. The van der Waals surface area contributed by atoms with Crippen LogP contribution < -0.4 is 25.8 Å². The number of ether oxygens (including phenoxy) is 4. The van der Waals surface area contributed by atoms with E-state index in [4.69, 9.17) is 24.7 Å². The maximum atomic E-state index is 13.6. The van der Waals surface area contributed by atoms with Crippen LogP contribution in [0.4, 0.5) is 35.9 Å². The maximum absolute atomic E-state index is 13.6. The summed E-state index contributed by atoms with van der Waals surface area (Å²) in [5, 5.41) is 15.9. The second kappa shape index (κ2) is 26.6. The van der Waals surface area contributed by atoms with E-state index >= 15 is 0 Å². The number of nitrogens with two attached hydrogens (primary N) is 1. The van der Waals surface area contributed by atoms with Gasteiger partial charge in [0.05, 0.1) is 0 Å². The predicted molar refractivity (Wildman–Crippen MR) is 253 cm³/mol. The topological polar surface area (TPSA) is 141 Å². The minimum absolute atomic E-state index is 0. The Kier molecular flexibility index (Phi) is 23.1. The number of alkyl halides is 1. The second-order valence-electron chi connectivity index (χ2n) is 17.9. The molecular weight excluding hydrogens is 972 g/mol. The normalized spacial score (nSPS) is 19.6. The molecule has 372 valence electrons. The number of hydrogen-bond donors (Lipinski definition) is 4.